The lowest BCUT2D eigenvalue weighted by Crippen LogP contribution is -2.43. The second kappa shape index (κ2) is 49.4. The van der Waals surface area contributed by atoms with Crippen molar-refractivity contribution in [3.8, 4) is 0 Å². The van der Waals surface area contributed by atoms with Crippen molar-refractivity contribution in [3.05, 3.63) is 0 Å². The van der Waals surface area contributed by atoms with Crippen LogP contribution in [-0.2, 0) is 80.9 Å². The van der Waals surface area contributed by atoms with Crippen LogP contribution in [0.15, 0.2) is 0 Å². The molecule has 0 aromatic carbocycles. The molecular formula is C37H76N6O17. The van der Waals surface area contributed by atoms with Crippen molar-refractivity contribution in [2.24, 2.45) is 17.5 Å². The number of nitrogens with zero attached hydrogens (tertiary/aromatic N) is 1. The lowest BCUT2D eigenvalue weighted by Gasteiger charge is -2.23. The predicted molar refractivity (Wildman–Crippen MR) is 216 cm³/mol. The molecule has 8 N–H and O–H groups in total. The van der Waals surface area contributed by atoms with Gasteiger partial charge in [0.25, 0.3) is 0 Å². The van der Waals surface area contributed by atoms with E-state index in [0.717, 1.165) is 0 Å². The molecule has 0 saturated carbocycles. The molecule has 356 valence electrons. The molecular weight excluding hydrogens is 800 g/mol. The summed E-state index contributed by atoms with van der Waals surface area (Å²) in [7, 11) is 0. The summed E-state index contributed by atoms with van der Waals surface area (Å²) in [5.74, 6) is 9.23. The number of carbonyl (C=O) groups excluding carboxylic acids is 3. The summed E-state index contributed by atoms with van der Waals surface area (Å²) in [6.45, 7) is 11.3. The first kappa shape index (κ1) is 57.7. The number of ether oxygens (including phenoxy) is 12. The molecule has 0 aromatic heterocycles. The number of amides is 3. The van der Waals surface area contributed by atoms with E-state index in [0.29, 0.717) is 159 Å². The van der Waals surface area contributed by atoms with Crippen molar-refractivity contribution in [2.75, 3.05) is 205 Å². The van der Waals surface area contributed by atoms with Crippen LogP contribution in [0.25, 0.3) is 0 Å². The topological polar surface area (TPSA) is 286 Å². The Kier molecular flexibility index (Phi) is 47.5. The first-order chi connectivity index (χ1) is 29.5. The second-order valence-corrected chi connectivity index (χ2v) is 12.2. The lowest BCUT2D eigenvalue weighted by molar-refractivity contribution is -0.133. The van der Waals surface area contributed by atoms with Crippen molar-refractivity contribution in [3.63, 3.8) is 0 Å². The molecule has 0 fully saturated rings. The number of carbonyl (C=O) groups is 3. The Morgan fingerprint density at radius 3 is 0.883 bits per heavy atom. The van der Waals surface area contributed by atoms with Gasteiger partial charge in [-0.3, -0.25) is 14.4 Å². The zero-order valence-corrected chi connectivity index (χ0v) is 35.7. The maximum atomic E-state index is 13.1. The quantitative estimate of drug-likeness (QED) is 0.0304. The van der Waals surface area contributed by atoms with E-state index in [9.17, 15) is 14.4 Å². The van der Waals surface area contributed by atoms with E-state index < -0.39 is 0 Å². The summed E-state index contributed by atoms with van der Waals surface area (Å²) >= 11 is 0. The maximum absolute atomic E-state index is 13.1. The van der Waals surface area contributed by atoms with E-state index in [1.165, 1.54) is 0 Å². The average Bonchev–Trinajstić information content (AvgIpc) is 3.24. The fraction of sp³-hybridized carbons (Fsp3) is 0.919. The zero-order valence-electron chi connectivity index (χ0n) is 35.7. The maximum Gasteiger partial charge on any atom is 0.225 e. The van der Waals surface area contributed by atoms with E-state index in [-0.39, 0.29) is 83.0 Å². The number of hydrogen-bond acceptors (Lipinski definition) is 20. The number of nitrogens with one attached hydrogen (secondary N) is 2. The van der Waals surface area contributed by atoms with Crippen molar-refractivity contribution < 1.29 is 80.9 Å². The Morgan fingerprint density at radius 1 is 0.350 bits per heavy atom. The van der Waals surface area contributed by atoms with Gasteiger partial charge < -0.3 is 87.8 Å². The Bertz CT molecular complexity index is 888. The zero-order chi connectivity index (χ0) is 43.7. The van der Waals surface area contributed by atoms with Gasteiger partial charge in [-0.05, 0) is 0 Å². The van der Waals surface area contributed by atoms with Crippen LogP contribution in [-0.4, -0.2) is 227 Å². The molecule has 23 nitrogen and oxygen atoms in total. The molecule has 0 atom stereocenters. The van der Waals surface area contributed by atoms with Gasteiger partial charge in [0.2, 0.25) is 17.7 Å². The van der Waals surface area contributed by atoms with E-state index in [4.69, 9.17) is 74.4 Å². The third-order valence-corrected chi connectivity index (χ3v) is 7.47. The smallest absolute Gasteiger partial charge is 0.225 e. The molecule has 0 aromatic rings. The highest BCUT2D eigenvalue weighted by Gasteiger charge is 2.14. The molecule has 0 saturated heterocycles. The Balaban J connectivity index is 4.28. The molecule has 0 bridgehead atoms. The number of rotatable bonds is 50. The van der Waals surface area contributed by atoms with Crippen molar-refractivity contribution in [1.29, 1.82) is 0 Å². The number of nitrogens with two attached hydrogens (primary N) is 3. The summed E-state index contributed by atoms with van der Waals surface area (Å²) in [4.78, 5) is 48.3. The van der Waals surface area contributed by atoms with Gasteiger partial charge in [-0.25, -0.2) is 11.8 Å². The van der Waals surface area contributed by atoms with Gasteiger partial charge in [-0.15, -0.1) is 0 Å². The van der Waals surface area contributed by atoms with Crippen LogP contribution in [0.5, 0.6) is 0 Å². The molecule has 0 rings (SSSR count). The first-order valence-electron chi connectivity index (χ1n) is 20.6. The summed E-state index contributed by atoms with van der Waals surface area (Å²) in [6, 6.07) is 0. The van der Waals surface area contributed by atoms with E-state index in [2.05, 4.69) is 20.3 Å². The van der Waals surface area contributed by atoms with Gasteiger partial charge in [0.05, 0.1) is 178 Å². The molecule has 0 aliphatic rings. The summed E-state index contributed by atoms with van der Waals surface area (Å²) < 4.78 is 64.8. The van der Waals surface area contributed by atoms with Crippen molar-refractivity contribution >= 4 is 17.7 Å². The van der Waals surface area contributed by atoms with Crippen LogP contribution in [0, 0.1) is 0 Å². The second-order valence-electron chi connectivity index (χ2n) is 12.2. The van der Waals surface area contributed by atoms with Crippen LogP contribution < -0.4 is 28.2 Å². The van der Waals surface area contributed by atoms with Gasteiger partial charge in [0.15, 0.2) is 0 Å². The summed E-state index contributed by atoms with van der Waals surface area (Å²) in [5, 5.41) is 5.63. The molecule has 0 radical (unpaired) electrons. The third kappa shape index (κ3) is 45.3. The average molecular weight is 877 g/mol. The van der Waals surface area contributed by atoms with Crippen molar-refractivity contribution in [2.45, 2.75) is 19.3 Å². The van der Waals surface area contributed by atoms with Gasteiger partial charge in [0, 0.05) is 45.6 Å². The molecule has 23 heteroatoms. The van der Waals surface area contributed by atoms with E-state index in [1.807, 2.05) is 0 Å². The van der Waals surface area contributed by atoms with Crippen LogP contribution in [0.2, 0.25) is 0 Å². The highest BCUT2D eigenvalue weighted by Crippen LogP contribution is 1.97. The summed E-state index contributed by atoms with van der Waals surface area (Å²) in [5.41, 5.74) is 5.37. The Morgan fingerprint density at radius 2 is 0.600 bits per heavy atom. The molecule has 60 heavy (non-hydrogen) atoms. The minimum absolute atomic E-state index is 0.122. The van der Waals surface area contributed by atoms with Crippen LogP contribution >= 0.6 is 0 Å². The Hall–Kier alpha value is -2.27. The van der Waals surface area contributed by atoms with Gasteiger partial charge in [-0.2, -0.15) is 0 Å². The van der Waals surface area contributed by atoms with Crippen LogP contribution in [0.4, 0.5) is 0 Å². The lowest BCUT2D eigenvalue weighted by atomic mass is 10.3. The van der Waals surface area contributed by atoms with Gasteiger partial charge >= 0.3 is 0 Å². The first-order valence-corrected chi connectivity index (χ1v) is 20.6. The van der Waals surface area contributed by atoms with Crippen LogP contribution in [0.3, 0.4) is 0 Å². The molecule has 0 heterocycles. The normalized spacial score (nSPS) is 11.3. The predicted octanol–water partition coefficient (Wildman–Crippen LogP) is -2.84. The fourth-order valence-corrected chi connectivity index (χ4v) is 4.43. The van der Waals surface area contributed by atoms with Gasteiger partial charge in [0.1, 0.15) is 0 Å². The molecule has 0 unspecified atom stereocenters. The monoisotopic (exact) mass is 877 g/mol. The minimum atomic E-state index is -0.214. The third-order valence-electron chi connectivity index (χ3n) is 7.47. The Labute approximate surface area is 355 Å². The largest absolute Gasteiger partial charge is 0.379 e. The van der Waals surface area contributed by atoms with Crippen molar-refractivity contribution in [1.82, 2.24) is 15.5 Å². The van der Waals surface area contributed by atoms with E-state index >= 15 is 0 Å². The highest BCUT2D eigenvalue weighted by atomic mass is 16.6. The van der Waals surface area contributed by atoms with E-state index in [1.54, 1.807) is 4.90 Å². The standard InChI is InChI=1S/C37H76N6O17/c38-4-12-50-16-20-54-24-21-53-19-15-49-11-3-37(46)43(7-5-41-35(44)1-9-47-13-17-51-22-25-55-27-29-57-31-33-59-39)8-6-42-36(45)2-10-48-14-18-52-23-26-56-28-30-58-32-34-60-40/h1-34,38-40H2,(H,41,44)(H,42,45). The molecule has 0 aliphatic heterocycles. The SMILES string of the molecule is NCCOCCOCCOCCOCCC(=O)N(CCNC(=O)CCOCCOCCOCCOCCON)CCNC(=O)CCOCCOCCOCCOCCON. The minimum Gasteiger partial charge on any atom is -0.379 e. The number of hydrogen-bond donors (Lipinski definition) is 5. The fourth-order valence-electron chi connectivity index (χ4n) is 4.43. The highest BCUT2D eigenvalue weighted by molar-refractivity contribution is 5.78. The van der Waals surface area contributed by atoms with Crippen LogP contribution in [0.1, 0.15) is 19.3 Å². The molecule has 0 spiro atoms. The molecule has 3 amide bonds. The molecule has 0 aliphatic carbocycles. The van der Waals surface area contributed by atoms with Gasteiger partial charge in [-0.1, -0.05) is 0 Å². The summed E-state index contributed by atoms with van der Waals surface area (Å²) in [6.07, 6.45) is 0.426.